The molecule has 3 nitrogen and oxygen atoms in total. The van der Waals surface area contributed by atoms with Crippen molar-refractivity contribution in [3.63, 3.8) is 0 Å². The van der Waals surface area contributed by atoms with Crippen LogP contribution in [0, 0.1) is 10.7 Å². The number of nitrogens with zero attached hydrogens (tertiary/aromatic N) is 2. The van der Waals surface area contributed by atoms with Crippen LogP contribution in [-0.2, 0) is 0 Å². The molecule has 0 spiro atoms. The second-order valence-corrected chi connectivity index (χ2v) is 5.60. The predicted molar refractivity (Wildman–Crippen MR) is 76.2 cm³/mol. The summed E-state index contributed by atoms with van der Waals surface area (Å²) in [4.78, 5) is 7.45. The quantitative estimate of drug-likeness (QED) is 0.820. The Balaban J connectivity index is 2.12. The fraction of sp³-hybridized carbons (Fsp3) is 0.571. The van der Waals surface area contributed by atoms with Crippen LogP contribution < -0.4 is 0 Å². The van der Waals surface area contributed by atoms with Gasteiger partial charge >= 0.3 is 0 Å². The summed E-state index contributed by atoms with van der Waals surface area (Å²) in [7, 11) is 0. The third-order valence-corrected chi connectivity index (χ3v) is 4.54. The van der Waals surface area contributed by atoms with E-state index in [1.807, 2.05) is 12.4 Å². The van der Waals surface area contributed by atoms with Crippen molar-refractivity contribution in [2.24, 2.45) is 5.92 Å². The first-order valence-corrected chi connectivity index (χ1v) is 7.26. The van der Waals surface area contributed by atoms with Crippen LogP contribution in [0.2, 0.25) is 0 Å². The van der Waals surface area contributed by atoms with Crippen molar-refractivity contribution in [3.05, 3.63) is 23.2 Å². The van der Waals surface area contributed by atoms with Crippen LogP contribution >= 0.6 is 12.2 Å². The highest BCUT2D eigenvalue weighted by atomic mass is 32.1. The van der Waals surface area contributed by atoms with Crippen LogP contribution in [0.1, 0.15) is 45.1 Å². The zero-order chi connectivity index (χ0) is 12.5. The number of hydrogen-bond acceptors (Lipinski definition) is 2. The van der Waals surface area contributed by atoms with Gasteiger partial charge in [-0.3, -0.25) is 4.98 Å². The summed E-state index contributed by atoms with van der Waals surface area (Å²) >= 11 is 5.51. The molecule has 0 saturated heterocycles. The number of H-pyrrole nitrogens is 1. The van der Waals surface area contributed by atoms with Gasteiger partial charge in [-0.2, -0.15) is 0 Å². The molecule has 0 radical (unpaired) electrons. The third-order valence-electron chi connectivity index (χ3n) is 4.24. The molecule has 18 heavy (non-hydrogen) atoms. The molecule has 1 aliphatic rings. The SMILES string of the molecule is CCC1CCCCC1n1c(=S)[nH]c2cnccc21. The zero-order valence-electron chi connectivity index (χ0n) is 10.7. The lowest BCUT2D eigenvalue weighted by Gasteiger charge is -2.32. The molecule has 1 aliphatic carbocycles. The van der Waals surface area contributed by atoms with Gasteiger partial charge in [0.15, 0.2) is 4.77 Å². The van der Waals surface area contributed by atoms with E-state index in [1.165, 1.54) is 37.6 Å². The Labute approximate surface area is 112 Å². The summed E-state index contributed by atoms with van der Waals surface area (Å²) < 4.78 is 3.18. The van der Waals surface area contributed by atoms with E-state index in [2.05, 4.69) is 27.5 Å². The molecule has 1 saturated carbocycles. The topological polar surface area (TPSA) is 33.6 Å². The van der Waals surface area contributed by atoms with Gasteiger partial charge in [-0.05, 0) is 37.0 Å². The molecule has 0 amide bonds. The lowest BCUT2D eigenvalue weighted by atomic mass is 9.82. The van der Waals surface area contributed by atoms with Crippen LogP contribution in [0.3, 0.4) is 0 Å². The molecule has 2 aromatic heterocycles. The first-order valence-electron chi connectivity index (χ1n) is 6.85. The Hall–Kier alpha value is -1.16. The average molecular weight is 261 g/mol. The number of hydrogen-bond donors (Lipinski definition) is 1. The zero-order valence-corrected chi connectivity index (χ0v) is 11.5. The van der Waals surface area contributed by atoms with Gasteiger partial charge in [-0.1, -0.05) is 26.2 Å². The van der Waals surface area contributed by atoms with Crippen LogP contribution in [0.4, 0.5) is 0 Å². The molecule has 2 aromatic rings. The summed E-state index contributed by atoms with van der Waals surface area (Å²) in [5.41, 5.74) is 2.27. The summed E-state index contributed by atoms with van der Waals surface area (Å²) in [5, 5.41) is 0. The Morgan fingerprint density at radius 1 is 1.44 bits per heavy atom. The number of aromatic nitrogens is 3. The fourth-order valence-corrected chi connectivity index (χ4v) is 3.66. The highest BCUT2D eigenvalue weighted by molar-refractivity contribution is 7.71. The van der Waals surface area contributed by atoms with Crippen molar-refractivity contribution in [2.75, 3.05) is 0 Å². The number of rotatable bonds is 2. The number of fused-ring (bicyclic) bond motifs is 1. The summed E-state index contributed by atoms with van der Waals surface area (Å²) in [6, 6.07) is 2.63. The Morgan fingerprint density at radius 3 is 3.11 bits per heavy atom. The minimum absolute atomic E-state index is 0.562. The number of imidazole rings is 1. The minimum Gasteiger partial charge on any atom is -0.329 e. The van der Waals surface area contributed by atoms with E-state index in [9.17, 15) is 0 Å². The van der Waals surface area contributed by atoms with Crippen LogP contribution in [-0.4, -0.2) is 14.5 Å². The molecule has 2 atom stereocenters. The number of pyridine rings is 1. The van der Waals surface area contributed by atoms with E-state index in [4.69, 9.17) is 12.2 Å². The molecule has 0 aliphatic heterocycles. The molecule has 4 heteroatoms. The predicted octanol–water partition coefficient (Wildman–Crippen LogP) is 4.24. The molecule has 96 valence electrons. The van der Waals surface area contributed by atoms with Gasteiger partial charge in [0, 0.05) is 12.2 Å². The number of aromatic amines is 1. The standard InChI is InChI=1S/C14H19N3S/c1-2-10-5-3-4-6-12(10)17-13-7-8-15-9-11(13)16-14(17)18/h7-10,12H,2-6H2,1H3,(H,16,18). The van der Waals surface area contributed by atoms with Crippen molar-refractivity contribution in [2.45, 2.75) is 45.1 Å². The maximum Gasteiger partial charge on any atom is 0.178 e. The number of nitrogens with one attached hydrogen (secondary N) is 1. The first kappa shape index (κ1) is 11.9. The van der Waals surface area contributed by atoms with Crippen molar-refractivity contribution in [3.8, 4) is 0 Å². The molecule has 1 fully saturated rings. The van der Waals surface area contributed by atoms with Crippen molar-refractivity contribution in [1.29, 1.82) is 0 Å². The smallest absolute Gasteiger partial charge is 0.178 e. The average Bonchev–Trinajstić information content (AvgIpc) is 2.74. The minimum atomic E-state index is 0.562. The molecular formula is C14H19N3S. The van der Waals surface area contributed by atoms with Crippen LogP contribution in [0.15, 0.2) is 18.5 Å². The highest BCUT2D eigenvalue weighted by Crippen LogP contribution is 2.37. The monoisotopic (exact) mass is 261 g/mol. The highest BCUT2D eigenvalue weighted by Gasteiger charge is 2.26. The molecule has 1 N–H and O–H groups in total. The van der Waals surface area contributed by atoms with E-state index >= 15 is 0 Å². The van der Waals surface area contributed by atoms with E-state index in [0.29, 0.717) is 6.04 Å². The van der Waals surface area contributed by atoms with E-state index < -0.39 is 0 Å². The second-order valence-electron chi connectivity index (χ2n) is 5.21. The Morgan fingerprint density at radius 2 is 2.28 bits per heavy atom. The molecule has 0 bridgehead atoms. The normalized spacial score (nSPS) is 24.5. The van der Waals surface area contributed by atoms with Gasteiger partial charge in [0.05, 0.1) is 17.2 Å². The van der Waals surface area contributed by atoms with Gasteiger partial charge in [0.25, 0.3) is 0 Å². The van der Waals surface area contributed by atoms with Gasteiger partial charge in [0.2, 0.25) is 0 Å². The molecule has 2 unspecified atom stereocenters. The van der Waals surface area contributed by atoms with Gasteiger partial charge < -0.3 is 9.55 Å². The summed E-state index contributed by atoms with van der Waals surface area (Å²) in [6.45, 7) is 2.29. The molecular weight excluding hydrogens is 242 g/mol. The van der Waals surface area contributed by atoms with Crippen LogP contribution in [0.25, 0.3) is 11.0 Å². The molecule has 2 heterocycles. The van der Waals surface area contributed by atoms with E-state index in [-0.39, 0.29) is 0 Å². The summed E-state index contributed by atoms with van der Waals surface area (Å²) in [6.07, 6.45) is 10.2. The maximum atomic E-state index is 5.51. The molecule has 0 aromatic carbocycles. The van der Waals surface area contributed by atoms with Gasteiger partial charge in [-0.15, -0.1) is 0 Å². The van der Waals surface area contributed by atoms with Crippen molar-refractivity contribution < 1.29 is 0 Å². The lowest BCUT2D eigenvalue weighted by molar-refractivity contribution is 0.235. The second kappa shape index (κ2) is 4.84. The lowest BCUT2D eigenvalue weighted by Crippen LogP contribution is -2.22. The van der Waals surface area contributed by atoms with Crippen molar-refractivity contribution in [1.82, 2.24) is 14.5 Å². The largest absolute Gasteiger partial charge is 0.329 e. The first-order chi connectivity index (χ1) is 8.81. The fourth-order valence-electron chi connectivity index (χ4n) is 3.31. The van der Waals surface area contributed by atoms with Crippen molar-refractivity contribution >= 4 is 23.3 Å². The Kier molecular flexibility index (Phi) is 3.20. The van der Waals surface area contributed by atoms with E-state index in [0.717, 1.165) is 16.2 Å². The third kappa shape index (κ3) is 1.88. The van der Waals surface area contributed by atoms with Gasteiger partial charge in [-0.25, -0.2) is 0 Å². The summed E-state index contributed by atoms with van der Waals surface area (Å²) in [5.74, 6) is 0.762. The van der Waals surface area contributed by atoms with Crippen LogP contribution in [0.5, 0.6) is 0 Å². The Bertz CT molecular complexity index is 598. The maximum absolute atomic E-state index is 5.51. The molecule has 3 rings (SSSR count). The van der Waals surface area contributed by atoms with Gasteiger partial charge in [0.1, 0.15) is 0 Å². The van der Waals surface area contributed by atoms with E-state index in [1.54, 1.807) is 0 Å².